The third kappa shape index (κ3) is 25.5. The van der Waals surface area contributed by atoms with Crippen molar-refractivity contribution < 1.29 is 68.1 Å². The molecule has 1 unspecified atom stereocenters. The molecular formula is C69H125N11O14S. The summed E-state index contributed by atoms with van der Waals surface area (Å²) in [6, 6.07) is -14.7. The predicted molar refractivity (Wildman–Crippen MR) is 372 cm³/mol. The third-order valence-corrected chi connectivity index (χ3v) is 19.2. The number of carbonyl (C=O) groups is 11. The maximum atomic E-state index is 15.5. The quantitative estimate of drug-likeness (QED) is 0.0847. The highest BCUT2D eigenvalue weighted by Crippen LogP contribution is 2.32. The van der Waals surface area contributed by atoms with Crippen LogP contribution in [0.2, 0.25) is 0 Å². The molecule has 0 aromatic carbocycles. The predicted octanol–water partition coefficient (Wildman–Crippen LogP) is 4.04. The first-order chi connectivity index (χ1) is 43.5. The molecule has 1 heterocycles. The fourth-order valence-electron chi connectivity index (χ4n) is 12.1. The second kappa shape index (κ2) is 38.3. The van der Waals surface area contributed by atoms with E-state index in [-0.39, 0.29) is 68.5 Å². The van der Waals surface area contributed by atoms with E-state index in [0.717, 1.165) is 14.7 Å². The molecule has 0 radical (unpaired) electrons. The van der Waals surface area contributed by atoms with Gasteiger partial charge in [0.25, 0.3) is 0 Å². The highest BCUT2D eigenvalue weighted by molar-refractivity contribution is 8.00. The van der Waals surface area contributed by atoms with Crippen LogP contribution in [0, 0.1) is 35.5 Å². The van der Waals surface area contributed by atoms with Crippen molar-refractivity contribution in [2.75, 3.05) is 55.1 Å². The van der Waals surface area contributed by atoms with Gasteiger partial charge in [0.15, 0.2) is 0 Å². The average molecular weight is 1360 g/mol. The number of hydrogen-bond acceptors (Lipinski definition) is 15. The molecule has 0 saturated carbocycles. The van der Waals surface area contributed by atoms with Gasteiger partial charge < -0.3 is 70.9 Å². The molecule has 1 aliphatic rings. The molecular weight excluding hydrogens is 1240 g/mol. The normalized spacial score (nSPS) is 26.8. The number of aliphatic hydroxyl groups excluding tert-OH is 2. The minimum atomic E-state index is -1.69. The van der Waals surface area contributed by atoms with E-state index in [9.17, 15) is 34.5 Å². The Balaban J connectivity index is 4.63. The Bertz CT molecular complexity index is 2630. The van der Waals surface area contributed by atoms with Gasteiger partial charge >= 0.3 is 0 Å². The molecule has 0 aromatic heterocycles. The molecule has 0 aromatic rings. The highest BCUT2D eigenvalue weighted by Gasteiger charge is 2.47. The van der Waals surface area contributed by atoms with Crippen LogP contribution in [0.5, 0.6) is 0 Å². The molecule has 7 N–H and O–H groups in total. The zero-order valence-electron chi connectivity index (χ0n) is 62.7. The molecule has 546 valence electrons. The molecule has 1 rings (SSSR count). The Morgan fingerprint density at radius 3 is 1.36 bits per heavy atom. The summed E-state index contributed by atoms with van der Waals surface area (Å²) in [6.07, 6.45) is 1.71. The van der Waals surface area contributed by atoms with E-state index in [1.165, 1.54) is 108 Å². The Labute approximate surface area is 573 Å². The second-order valence-corrected chi connectivity index (χ2v) is 31.5. The van der Waals surface area contributed by atoms with Crippen LogP contribution in [0.25, 0.3) is 0 Å². The number of rotatable bonds is 20. The van der Waals surface area contributed by atoms with Gasteiger partial charge in [-0.1, -0.05) is 109 Å². The summed E-state index contributed by atoms with van der Waals surface area (Å²) in [4.78, 5) is 173. The monoisotopic (exact) mass is 1360 g/mol. The number of carbonyl (C=O) groups excluding carboxylic acids is 11. The fourth-order valence-corrected chi connectivity index (χ4v) is 13.4. The topological polar surface area (TPSA) is 319 Å². The van der Waals surface area contributed by atoms with E-state index in [1.807, 2.05) is 55.4 Å². The van der Waals surface area contributed by atoms with E-state index in [0.29, 0.717) is 0 Å². The zero-order valence-corrected chi connectivity index (χ0v) is 63.5. The van der Waals surface area contributed by atoms with Gasteiger partial charge in [0.1, 0.15) is 66.5 Å². The van der Waals surface area contributed by atoms with Gasteiger partial charge in [-0.3, -0.25) is 52.7 Å². The number of hydrogen-bond donors (Lipinski definition) is 7. The lowest BCUT2D eigenvalue weighted by Crippen LogP contribution is -2.64. The van der Waals surface area contributed by atoms with Crippen molar-refractivity contribution in [3.63, 3.8) is 0 Å². The summed E-state index contributed by atoms with van der Waals surface area (Å²) < 4.78 is -0.692. The molecule has 25 nitrogen and oxygen atoms in total. The largest absolute Gasteiger partial charge is 0.393 e. The van der Waals surface area contributed by atoms with E-state index in [4.69, 9.17) is 0 Å². The van der Waals surface area contributed by atoms with Crippen LogP contribution in [0.1, 0.15) is 183 Å². The number of aliphatic hydroxyl groups is 3. The first kappa shape index (κ1) is 87.2. The van der Waals surface area contributed by atoms with Gasteiger partial charge in [-0.25, -0.2) is 0 Å². The zero-order chi connectivity index (χ0) is 74.0. The van der Waals surface area contributed by atoms with Crippen molar-refractivity contribution in [3.8, 4) is 0 Å². The minimum absolute atomic E-state index is 0.0617. The van der Waals surface area contributed by atoms with Crippen molar-refractivity contribution in [3.05, 3.63) is 12.2 Å². The van der Waals surface area contributed by atoms with Gasteiger partial charge in [-0.15, -0.1) is 0 Å². The smallest absolute Gasteiger partial charge is 0.246 e. The Kier molecular flexibility index (Phi) is 35.2. The van der Waals surface area contributed by atoms with Crippen molar-refractivity contribution in [2.24, 2.45) is 35.5 Å². The van der Waals surface area contributed by atoms with Crippen LogP contribution in [0.4, 0.5) is 0 Å². The van der Waals surface area contributed by atoms with Crippen LogP contribution in [-0.4, -0.2) is 259 Å². The van der Waals surface area contributed by atoms with E-state index < -0.39 is 172 Å². The maximum absolute atomic E-state index is 15.5. The first-order valence-electron chi connectivity index (χ1n) is 34.0. The van der Waals surface area contributed by atoms with Gasteiger partial charge in [-0.05, 0) is 116 Å². The van der Waals surface area contributed by atoms with Crippen LogP contribution >= 0.6 is 11.8 Å². The van der Waals surface area contributed by atoms with Crippen molar-refractivity contribution in [1.29, 1.82) is 0 Å². The SMILES string of the molecule is CC=CC[C@@H](C)[C@@H](O)[C@H]1C(=O)N[C@@H](CC)C(=O)N(C)[C@H](CSC(C)(C)CC(C)O)C(=O)N(C)[C@@H](CC(C)(C)O)C(=O)N[C@@H](C(C)C)C(=O)N(C)[C@@H](CC(C)C)C(=O)N[C@@H](C)C(=O)N[C@H](C)C(=O)N(C)[C@@H](CC(C)C)C(=O)N(C)[C@@H](CC(C)C)C(=O)N(C)[C@@H](C(C)C)C(=O)N1C. The second-order valence-electron chi connectivity index (χ2n) is 29.8. The van der Waals surface area contributed by atoms with Crippen molar-refractivity contribution >= 4 is 76.7 Å². The highest BCUT2D eigenvalue weighted by atomic mass is 32.2. The lowest BCUT2D eigenvalue weighted by molar-refractivity contribution is -0.157. The number of allylic oxidation sites excluding steroid dienone is 2. The summed E-state index contributed by atoms with van der Waals surface area (Å²) in [7, 11) is 9.75. The number of nitrogens with one attached hydrogen (secondary N) is 4. The molecule has 11 amide bonds. The van der Waals surface area contributed by atoms with E-state index >= 15 is 33.6 Å². The first-order valence-corrected chi connectivity index (χ1v) is 34.9. The van der Waals surface area contributed by atoms with Gasteiger partial charge in [0.2, 0.25) is 65.0 Å². The molecule has 0 aliphatic carbocycles. The summed E-state index contributed by atoms with van der Waals surface area (Å²) in [6.45, 7) is 34.1. The van der Waals surface area contributed by atoms with Crippen molar-refractivity contribution in [2.45, 2.75) is 272 Å². The van der Waals surface area contributed by atoms with Crippen LogP contribution in [-0.2, 0) is 52.7 Å². The van der Waals surface area contributed by atoms with Crippen molar-refractivity contribution in [1.82, 2.24) is 55.6 Å². The maximum Gasteiger partial charge on any atom is 0.246 e. The average Bonchev–Trinajstić information content (AvgIpc) is 0.825. The van der Waals surface area contributed by atoms with Crippen LogP contribution in [0.3, 0.4) is 0 Å². The van der Waals surface area contributed by atoms with Crippen LogP contribution in [0.15, 0.2) is 12.2 Å². The van der Waals surface area contributed by atoms with Gasteiger partial charge in [-0.2, -0.15) is 11.8 Å². The fraction of sp³-hybridized carbons (Fsp3) is 0.812. The molecule has 95 heavy (non-hydrogen) atoms. The lowest BCUT2D eigenvalue weighted by Gasteiger charge is -2.42. The molecule has 0 bridgehead atoms. The summed E-state index contributed by atoms with van der Waals surface area (Å²) >= 11 is 1.27. The standard InChI is InChI=1S/C69H125N11O14S/c1-28-30-31-43(13)56(82)55-60(86)72-47(29-2)62(88)78(25)52(37-95-69(19,20)35-44(14)81)65(91)77(24)51(36-68(17,18)94)59(85)73-53(41(9)10)66(92)74(21)48(32-38(3)4)58(84)70-45(15)57(83)71-46(16)61(87)75(22)49(33-39(5)6)63(89)76(23)50(34-40(7)8)64(90)79(26)54(42(11)12)67(93)80(55)27/h28,30,38-56,81-82,94H,29,31-37H2,1-27H3,(H,70,84)(H,71,83)(H,72,86)(H,73,85)/t43-,44?,45+,46-,47+,48+,49+,50+,51+,52-,53+,54+,55+,56-/m1/s1. The molecule has 26 heteroatoms. The Morgan fingerprint density at radius 1 is 0.484 bits per heavy atom. The van der Waals surface area contributed by atoms with E-state index in [2.05, 4.69) is 21.3 Å². The molecule has 14 atom stereocenters. The number of likely N-dealkylation sites (N-methyl/N-ethyl adjacent to an activating group) is 7. The Morgan fingerprint density at radius 2 is 0.905 bits per heavy atom. The third-order valence-electron chi connectivity index (χ3n) is 17.8. The number of amides is 11. The molecule has 1 saturated heterocycles. The summed E-state index contributed by atoms with van der Waals surface area (Å²) in [5, 5.41) is 45.2. The minimum Gasteiger partial charge on any atom is -0.393 e. The summed E-state index contributed by atoms with van der Waals surface area (Å²) in [5.74, 6) is -10.7. The van der Waals surface area contributed by atoms with Gasteiger partial charge in [0.05, 0.1) is 17.8 Å². The number of nitrogens with zero attached hydrogens (tertiary/aromatic N) is 7. The molecule has 1 aliphatic heterocycles. The summed E-state index contributed by atoms with van der Waals surface area (Å²) in [5.41, 5.74) is -1.62. The number of thioether (sulfide) groups is 1. The van der Waals surface area contributed by atoms with Gasteiger partial charge in [0, 0.05) is 66.3 Å². The molecule has 1 fully saturated rings. The van der Waals surface area contributed by atoms with Crippen LogP contribution < -0.4 is 21.3 Å². The lowest BCUT2D eigenvalue weighted by atomic mass is 9.91. The molecule has 0 spiro atoms. The Hall–Kier alpha value is -5.86. The van der Waals surface area contributed by atoms with E-state index in [1.54, 1.807) is 67.5 Å².